The quantitative estimate of drug-likeness (QED) is 0.831. The van der Waals surface area contributed by atoms with E-state index in [1.54, 1.807) is 6.07 Å². The molecule has 0 unspecified atom stereocenters. The largest absolute Gasteiger partial charge is 0.435 e. The number of anilines is 2. The summed E-state index contributed by atoms with van der Waals surface area (Å²) in [7, 11) is -3.79. The van der Waals surface area contributed by atoms with E-state index >= 15 is 0 Å². The fourth-order valence-corrected chi connectivity index (χ4v) is 2.71. The van der Waals surface area contributed by atoms with Gasteiger partial charge >= 0.3 is 6.61 Å². The molecule has 0 heterocycles. The van der Waals surface area contributed by atoms with E-state index in [2.05, 4.69) is 9.46 Å². The van der Waals surface area contributed by atoms with Crippen LogP contribution in [0.3, 0.4) is 0 Å². The minimum atomic E-state index is -3.79. The predicted octanol–water partition coefficient (Wildman–Crippen LogP) is 2.67. The van der Waals surface area contributed by atoms with Crippen molar-refractivity contribution in [2.24, 2.45) is 0 Å². The van der Waals surface area contributed by atoms with Gasteiger partial charge in [-0.05, 0) is 42.5 Å². The number of alkyl halides is 2. The molecule has 0 bridgehead atoms. The highest BCUT2D eigenvalue weighted by Crippen LogP contribution is 2.21. The van der Waals surface area contributed by atoms with Gasteiger partial charge in [-0.15, -0.1) is 0 Å². The smallest absolute Gasteiger partial charge is 0.387 e. The maximum atomic E-state index is 12.1. The van der Waals surface area contributed by atoms with Crippen LogP contribution < -0.4 is 15.2 Å². The molecule has 0 aromatic heterocycles. The topological polar surface area (TPSA) is 81.4 Å². The number of nitrogens with two attached hydrogens (primary N) is 1. The molecule has 112 valence electrons. The van der Waals surface area contributed by atoms with Crippen LogP contribution in [0.4, 0.5) is 20.2 Å². The molecule has 0 aliphatic rings. The molecule has 2 rings (SSSR count). The van der Waals surface area contributed by atoms with Crippen LogP contribution in [0.2, 0.25) is 0 Å². The maximum absolute atomic E-state index is 12.1. The molecule has 2 aromatic carbocycles. The number of ether oxygens (including phenoxy) is 1. The highest BCUT2D eigenvalue weighted by Gasteiger charge is 2.14. The lowest BCUT2D eigenvalue weighted by atomic mass is 10.3. The molecule has 21 heavy (non-hydrogen) atoms. The van der Waals surface area contributed by atoms with Gasteiger partial charge < -0.3 is 10.5 Å². The van der Waals surface area contributed by atoms with Crippen LogP contribution in [0.5, 0.6) is 5.75 Å². The normalized spacial score (nSPS) is 11.4. The second-order valence-electron chi connectivity index (χ2n) is 4.08. The third kappa shape index (κ3) is 4.06. The van der Waals surface area contributed by atoms with Gasteiger partial charge in [-0.3, -0.25) is 4.72 Å². The van der Waals surface area contributed by atoms with Crippen LogP contribution in [-0.2, 0) is 10.0 Å². The summed E-state index contributed by atoms with van der Waals surface area (Å²) in [6, 6.07) is 10.9. The Labute approximate surface area is 120 Å². The fraction of sp³-hybridized carbons (Fsp3) is 0.0769. The second-order valence-corrected chi connectivity index (χ2v) is 5.76. The summed E-state index contributed by atoms with van der Waals surface area (Å²) in [5.74, 6) is -0.0584. The molecular formula is C13H12F2N2O3S. The molecule has 0 saturated carbocycles. The first-order valence-corrected chi connectivity index (χ1v) is 7.28. The number of halogens is 2. The van der Waals surface area contributed by atoms with Crippen molar-refractivity contribution < 1.29 is 21.9 Å². The van der Waals surface area contributed by atoms with E-state index in [0.29, 0.717) is 5.69 Å². The standard InChI is InChI=1S/C13H12F2N2O3S/c14-13(15)20-11-6-4-10(5-7-11)17-21(18,19)12-3-1-2-9(16)8-12/h1-8,13,17H,16H2. The van der Waals surface area contributed by atoms with E-state index in [4.69, 9.17) is 5.73 Å². The molecule has 0 radical (unpaired) electrons. The molecule has 0 spiro atoms. The van der Waals surface area contributed by atoms with Gasteiger partial charge in [0.1, 0.15) is 5.75 Å². The maximum Gasteiger partial charge on any atom is 0.387 e. The highest BCUT2D eigenvalue weighted by atomic mass is 32.2. The first-order valence-electron chi connectivity index (χ1n) is 5.80. The van der Waals surface area contributed by atoms with Crippen LogP contribution >= 0.6 is 0 Å². The van der Waals surface area contributed by atoms with Gasteiger partial charge in [0.2, 0.25) is 0 Å². The van der Waals surface area contributed by atoms with Crippen molar-refractivity contribution in [1.29, 1.82) is 0 Å². The van der Waals surface area contributed by atoms with Gasteiger partial charge in [0.25, 0.3) is 10.0 Å². The Balaban J connectivity index is 2.17. The van der Waals surface area contributed by atoms with Gasteiger partial charge in [0.05, 0.1) is 4.90 Å². The first kappa shape index (κ1) is 15.0. The third-order valence-corrected chi connectivity index (χ3v) is 3.88. The summed E-state index contributed by atoms with van der Waals surface area (Å²) >= 11 is 0. The minimum Gasteiger partial charge on any atom is -0.435 e. The number of benzene rings is 2. The van der Waals surface area contributed by atoms with Gasteiger partial charge in [-0.2, -0.15) is 8.78 Å². The van der Waals surface area contributed by atoms with Crippen LogP contribution in [0.25, 0.3) is 0 Å². The van der Waals surface area contributed by atoms with Crippen LogP contribution in [0.1, 0.15) is 0 Å². The zero-order chi connectivity index (χ0) is 15.5. The average Bonchev–Trinajstić information content (AvgIpc) is 2.40. The third-order valence-electron chi connectivity index (χ3n) is 2.50. The van der Waals surface area contributed by atoms with Crippen molar-refractivity contribution in [2.45, 2.75) is 11.5 Å². The van der Waals surface area contributed by atoms with E-state index in [1.807, 2.05) is 0 Å². The SMILES string of the molecule is Nc1cccc(S(=O)(=O)Nc2ccc(OC(F)F)cc2)c1. The summed E-state index contributed by atoms with van der Waals surface area (Å²) in [6.07, 6.45) is 0. The fourth-order valence-electron chi connectivity index (χ4n) is 1.60. The Bertz CT molecular complexity index is 718. The minimum absolute atomic E-state index is 0.00964. The molecule has 0 aliphatic heterocycles. The summed E-state index contributed by atoms with van der Waals surface area (Å²) in [4.78, 5) is 0.00964. The molecular weight excluding hydrogens is 302 g/mol. The number of nitrogens with one attached hydrogen (secondary N) is 1. The van der Waals surface area contributed by atoms with Gasteiger partial charge in [-0.25, -0.2) is 8.42 Å². The Kier molecular flexibility index (Phi) is 4.27. The van der Waals surface area contributed by atoms with Crippen molar-refractivity contribution in [3.63, 3.8) is 0 Å². The summed E-state index contributed by atoms with van der Waals surface area (Å²) in [5, 5.41) is 0. The molecule has 0 amide bonds. The van der Waals surface area contributed by atoms with Crippen LogP contribution in [0, 0.1) is 0 Å². The van der Waals surface area contributed by atoms with Crippen molar-refractivity contribution in [1.82, 2.24) is 0 Å². The number of sulfonamides is 1. The summed E-state index contributed by atoms with van der Waals surface area (Å²) in [6.45, 7) is -2.93. The second kappa shape index (κ2) is 5.96. The number of rotatable bonds is 5. The van der Waals surface area contributed by atoms with Gasteiger partial charge in [-0.1, -0.05) is 6.07 Å². The Morgan fingerprint density at radius 3 is 2.33 bits per heavy atom. The zero-order valence-corrected chi connectivity index (χ0v) is 11.5. The first-order chi connectivity index (χ1) is 9.87. The number of nitrogen functional groups attached to an aromatic ring is 1. The zero-order valence-electron chi connectivity index (χ0n) is 10.7. The lowest BCUT2D eigenvalue weighted by Gasteiger charge is -2.09. The van der Waals surface area contributed by atoms with E-state index in [0.717, 1.165) is 0 Å². The molecule has 3 N–H and O–H groups in total. The van der Waals surface area contributed by atoms with Crippen LogP contribution in [0.15, 0.2) is 53.4 Å². The molecule has 0 aliphatic carbocycles. The van der Waals surface area contributed by atoms with E-state index < -0.39 is 16.6 Å². The Morgan fingerprint density at radius 2 is 1.76 bits per heavy atom. The van der Waals surface area contributed by atoms with E-state index in [9.17, 15) is 17.2 Å². The van der Waals surface area contributed by atoms with Crippen molar-refractivity contribution >= 4 is 21.4 Å². The van der Waals surface area contributed by atoms with Crippen molar-refractivity contribution in [3.05, 3.63) is 48.5 Å². The Hall–Kier alpha value is -2.35. The number of hydrogen-bond donors (Lipinski definition) is 2. The van der Waals surface area contributed by atoms with Crippen molar-refractivity contribution in [3.8, 4) is 5.75 Å². The molecule has 0 fully saturated rings. The van der Waals surface area contributed by atoms with E-state index in [-0.39, 0.29) is 16.3 Å². The Morgan fingerprint density at radius 1 is 1.10 bits per heavy atom. The molecule has 0 atom stereocenters. The lowest BCUT2D eigenvalue weighted by Crippen LogP contribution is -2.13. The lowest BCUT2D eigenvalue weighted by molar-refractivity contribution is -0.0498. The molecule has 5 nitrogen and oxygen atoms in total. The summed E-state index contributed by atoms with van der Waals surface area (Å²) < 4.78 is 54.7. The average molecular weight is 314 g/mol. The van der Waals surface area contributed by atoms with E-state index in [1.165, 1.54) is 42.5 Å². The highest BCUT2D eigenvalue weighted by molar-refractivity contribution is 7.92. The summed E-state index contributed by atoms with van der Waals surface area (Å²) in [5.41, 5.74) is 6.07. The van der Waals surface area contributed by atoms with Gasteiger partial charge in [0.15, 0.2) is 0 Å². The number of hydrogen-bond acceptors (Lipinski definition) is 4. The van der Waals surface area contributed by atoms with Crippen LogP contribution in [-0.4, -0.2) is 15.0 Å². The monoisotopic (exact) mass is 314 g/mol. The predicted molar refractivity (Wildman–Crippen MR) is 74.7 cm³/mol. The molecule has 0 saturated heterocycles. The molecule has 2 aromatic rings. The van der Waals surface area contributed by atoms with Gasteiger partial charge in [0, 0.05) is 11.4 Å². The van der Waals surface area contributed by atoms with Crippen molar-refractivity contribution in [2.75, 3.05) is 10.5 Å². The molecule has 8 heteroatoms.